The van der Waals surface area contributed by atoms with E-state index >= 15 is 0 Å². The average Bonchev–Trinajstić information content (AvgIpc) is 2.97. The van der Waals surface area contributed by atoms with E-state index in [2.05, 4.69) is 28.9 Å². The van der Waals surface area contributed by atoms with Gasteiger partial charge in [-0.3, -0.25) is 4.90 Å². The van der Waals surface area contributed by atoms with Crippen molar-refractivity contribution >= 4 is 5.84 Å². The first kappa shape index (κ1) is 14.6. The molecule has 2 aliphatic rings. The molecule has 0 bridgehead atoms. The van der Waals surface area contributed by atoms with Crippen molar-refractivity contribution in [2.75, 3.05) is 33.2 Å². The number of likely N-dealkylation sites (tertiary alicyclic amines) is 1. The molecule has 0 aromatic rings. The van der Waals surface area contributed by atoms with E-state index in [0.717, 1.165) is 32.1 Å². The molecule has 1 heterocycles. The Bertz CT molecular complexity index is 327. The largest absolute Gasteiger partial charge is 0.409 e. The normalized spacial score (nSPS) is 27.1. The molecule has 1 aliphatic heterocycles. The number of amidine groups is 1. The van der Waals surface area contributed by atoms with Crippen LogP contribution in [-0.2, 0) is 0 Å². The monoisotopic (exact) mass is 268 g/mol. The van der Waals surface area contributed by atoms with Gasteiger partial charge < -0.3 is 15.8 Å². The fourth-order valence-corrected chi connectivity index (χ4v) is 3.50. The molecule has 2 rings (SSSR count). The van der Waals surface area contributed by atoms with Crippen LogP contribution in [0.2, 0.25) is 0 Å². The van der Waals surface area contributed by atoms with Crippen LogP contribution in [0.4, 0.5) is 0 Å². The lowest BCUT2D eigenvalue weighted by molar-refractivity contribution is 0.178. The first-order valence-electron chi connectivity index (χ1n) is 7.47. The summed E-state index contributed by atoms with van der Waals surface area (Å²) in [4.78, 5) is 5.02. The summed E-state index contributed by atoms with van der Waals surface area (Å²) in [6.07, 6.45) is 5.80. The molecular weight excluding hydrogens is 240 g/mol. The second-order valence-corrected chi connectivity index (χ2v) is 6.39. The molecule has 5 heteroatoms. The molecule has 1 unspecified atom stereocenters. The number of nitrogens with zero attached hydrogens (tertiary/aromatic N) is 3. The van der Waals surface area contributed by atoms with E-state index in [1.54, 1.807) is 0 Å². The Morgan fingerprint density at radius 3 is 2.84 bits per heavy atom. The van der Waals surface area contributed by atoms with Crippen molar-refractivity contribution in [1.29, 1.82) is 0 Å². The first-order valence-corrected chi connectivity index (χ1v) is 7.47. The zero-order valence-corrected chi connectivity index (χ0v) is 12.3. The Hall–Kier alpha value is -0.810. The highest BCUT2D eigenvalue weighted by Gasteiger charge is 2.44. The summed E-state index contributed by atoms with van der Waals surface area (Å²) in [6.45, 7) is 6.88. The van der Waals surface area contributed by atoms with Crippen LogP contribution in [-0.4, -0.2) is 60.1 Å². The second kappa shape index (κ2) is 6.09. The quantitative estimate of drug-likeness (QED) is 0.316. The zero-order chi connectivity index (χ0) is 13.9. The van der Waals surface area contributed by atoms with Crippen molar-refractivity contribution in [2.45, 2.75) is 45.1 Å². The van der Waals surface area contributed by atoms with Crippen molar-refractivity contribution in [3.05, 3.63) is 0 Å². The van der Waals surface area contributed by atoms with Crippen molar-refractivity contribution in [1.82, 2.24) is 9.80 Å². The number of hydrogen-bond donors (Lipinski definition) is 2. The minimum absolute atomic E-state index is 0.278. The predicted molar refractivity (Wildman–Crippen MR) is 77.5 cm³/mol. The minimum Gasteiger partial charge on any atom is -0.409 e. The van der Waals surface area contributed by atoms with Gasteiger partial charge in [-0.05, 0) is 51.2 Å². The predicted octanol–water partition coefficient (Wildman–Crippen LogP) is 1.32. The summed E-state index contributed by atoms with van der Waals surface area (Å²) < 4.78 is 0. The first-order chi connectivity index (χ1) is 9.08. The van der Waals surface area contributed by atoms with E-state index in [0.29, 0.717) is 5.84 Å². The maximum Gasteiger partial charge on any atom is 0.139 e. The van der Waals surface area contributed by atoms with Crippen LogP contribution in [0.15, 0.2) is 5.16 Å². The molecule has 110 valence electrons. The molecule has 0 spiro atoms. The maximum atomic E-state index is 8.70. The third-order valence-corrected chi connectivity index (χ3v) is 4.67. The van der Waals surface area contributed by atoms with Crippen LogP contribution in [0.1, 0.15) is 39.0 Å². The van der Waals surface area contributed by atoms with Crippen LogP contribution in [0, 0.1) is 5.41 Å². The molecule has 1 aliphatic carbocycles. The molecule has 1 atom stereocenters. The Kier molecular flexibility index (Phi) is 4.68. The number of rotatable bonds is 7. The summed E-state index contributed by atoms with van der Waals surface area (Å²) in [7, 11) is 2.21. The van der Waals surface area contributed by atoms with Crippen molar-refractivity contribution in [3.63, 3.8) is 0 Å². The summed E-state index contributed by atoms with van der Waals surface area (Å²) in [5.74, 6) is 0.377. The maximum absolute atomic E-state index is 8.70. The van der Waals surface area contributed by atoms with E-state index < -0.39 is 0 Å². The van der Waals surface area contributed by atoms with Gasteiger partial charge in [-0.25, -0.2) is 0 Å². The fraction of sp³-hybridized carbons (Fsp3) is 0.929. The van der Waals surface area contributed by atoms with Gasteiger partial charge in [0.05, 0.1) is 0 Å². The van der Waals surface area contributed by atoms with Gasteiger partial charge in [0.1, 0.15) is 5.84 Å². The molecule has 1 saturated carbocycles. The topological polar surface area (TPSA) is 65.1 Å². The lowest BCUT2D eigenvalue weighted by atomic mass is 10.0. The van der Waals surface area contributed by atoms with Crippen LogP contribution >= 0.6 is 0 Å². The summed E-state index contributed by atoms with van der Waals surface area (Å²) in [6, 6.07) is 0.717. The van der Waals surface area contributed by atoms with Crippen LogP contribution < -0.4 is 5.73 Å². The standard InChI is InChI=1S/C14H28N4O/c1-3-18-8-4-5-12(18)10-17(2)11-14(6-7-14)9-13(15)16-19/h12,19H,3-11H2,1-2H3,(H2,15,16). The SMILES string of the molecule is CCN1CCCC1CN(C)CC1(CC(N)=NO)CC1. The van der Waals surface area contributed by atoms with Gasteiger partial charge >= 0.3 is 0 Å². The number of oxime groups is 1. The smallest absolute Gasteiger partial charge is 0.139 e. The highest BCUT2D eigenvalue weighted by molar-refractivity contribution is 5.80. The van der Waals surface area contributed by atoms with Crippen LogP contribution in [0.3, 0.4) is 0 Å². The molecule has 19 heavy (non-hydrogen) atoms. The molecule has 0 amide bonds. The van der Waals surface area contributed by atoms with E-state index in [9.17, 15) is 0 Å². The van der Waals surface area contributed by atoms with Gasteiger partial charge in [-0.15, -0.1) is 0 Å². The Balaban J connectivity index is 1.79. The number of likely N-dealkylation sites (N-methyl/N-ethyl adjacent to an activating group) is 2. The highest BCUT2D eigenvalue weighted by atomic mass is 16.4. The van der Waals surface area contributed by atoms with Crippen molar-refractivity contribution in [3.8, 4) is 0 Å². The molecule has 5 nitrogen and oxygen atoms in total. The number of nitrogens with two attached hydrogens (primary N) is 1. The van der Waals surface area contributed by atoms with Gasteiger partial charge in [0.2, 0.25) is 0 Å². The van der Waals surface area contributed by atoms with E-state index in [1.165, 1.54) is 32.2 Å². The molecule has 3 N–H and O–H groups in total. The Morgan fingerprint density at radius 2 is 2.26 bits per heavy atom. The van der Waals surface area contributed by atoms with Gasteiger partial charge in [-0.2, -0.15) is 0 Å². The van der Waals surface area contributed by atoms with E-state index in [-0.39, 0.29) is 5.41 Å². The van der Waals surface area contributed by atoms with E-state index in [1.807, 2.05) is 0 Å². The van der Waals surface area contributed by atoms with Crippen molar-refractivity contribution < 1.29 is 5.21 Å². The lowest BCUT2D eigenvalue weighted by Gasteiger charge is -2.30. The lowest BCUT2D eigenvalue weighted by Crippen LogP contribution is -2.41. The summed E-state index contributed by atoms with van der Waals surface area (Å²) >= 11 is 0. The van der Waals surface area contributed by atoms with Gasteiger partial charge in [0.15, 0.2) is 0 Å². The van der Waals surface area contributed by atoms with Gasteiger partial charge in [-0.1, -0.05) is 12.1 Å². The summed E-state index contributed by atoms with van der Waals surface area (Å²) in [5, 5.41) is 11.8. The van der Waals surface area contributed by atoms with Crippen LogP contribution in [0.25, 0.3) is 0 Å². The molecule has 1 saturated heterocycles. The third kappa shape index (κ3) is 3.83. The molecule has 2 fully saturated rings. The zero-order valence-electron chi connectivity index (χ0n) is 12.3. The molecular formula is C14H28N4O. The fourth-order valence-electron chi connectivity index (χ4n) is 3.50. The summed E-state index contributed by atoms with van der Waals surface area (Å²) in [5.41, 5.74) is 5.93. The average molecular weight is 268 g/mol. The third-order valence-electron chi connectivity index (χ3n) is 4.67. The molecule has 0 radical (unpaired) electrons. The van der Waals surface area contributed by atoms with Gasteiger partial charge in [0.25, 0.3) is 0 Å². The van der Waals surface area contributed by atoms with Crippen LogP contribution in [0.5, 0.6) is 0 Å². The van der Waals surface area contributed by atoms with Crippen molar-refractivity contribution in [2.24, 2.45) is 16.3 Å². The minimum atomic E-state index is 0.278. The Morgan fingerprint density at radius 1 is 1.53 bits per heavy atom. The van der Waals surface area contributed by atoms with Gasteiger partial charge in [0, 0.05) is 25.6 Å². The second-order valence-electron chi connectivity index (χ2n) is 6.39. The highest BCUT2D eigenvalue weighted by Crippen LogP contribution is 2.49. The molecule has 0 aromatic heterocycles. The number of hydrogen-bond acceptors (Lipinski definition) is 4. The molecule has 0 aromatic carbocycles. The van der Waals surface area contributed by atoms with E-state index in [4.69, 9.17) is 10.9 Å². The Labute approximate surface area is 116 Å².